The van der Waals surface area contributed by atoms with Crippen LogP contribution in [0, 0.1) is 24.7 Å². The van der Waals surface area contributed by atoms with Crippen molar-refractivity contribution in [3.8, 4) is 0 Å². The lowest BCUT2D eigenvalue weighted by Crippen LogP contribution is -2.48. The van der Waals surface area contributed by atoms with Gasteiger partial charge >= 0.3 is 0 Å². The second-order valence-corrected chi connectivity index (χ2v) is 12.4. The fraction of sp³-hybridized carbons (Fsp3) is 0.364. The number of hydrogen-bond acceptors (Lipinski definition) is 0. The molecule has 4 aliphatic carbocycles. The molecule has 0 aliphatic heterocycles. The Morgan fingerprint density at radius 2 is 1.51 bits per heavy atom. The first-order valence-electron chi connectivity index (χ1n) is 13.6. The van der Waals surface area contributed by atoms with Gasteiger partial charge < -0.3 is 4.40 Å². The molecule has 3 aromatic heterocycles. The van der Waals surface area contributed by atoms with Crippen molar-refractivity contribution in [2.75, 3.05) is 0 Å². The quantitative estimate of drug-likeness (QED) is 0.137. The van der Waals surface area contributed by atoms with E-state index >= 15 is 0 Å². The van der Waals surface area contributed by atoms with Crippen molar-refractivity contribution in [1.29, 1.82) is 0 Å². The van der Waals surface area contributed by atoms with Gasteiger partial charge in [0, 0.05) is 16.8 Å². The highest BCUT2D eigenvalue weighted by Gasteiger charge is 2.52. The number of pyridine rings is 2. The number of para-hydroxylation sites is 1. The molecule has 4 bridgehead atoms. The van der Waals surface area contributed by atoms with Gasteiger partial charge in [-0.15, -0.1) is 0 Å². The molecule has 172 valence electrons. The van der Waals surface area contributed by atoms with E-state index in [1.54, 1.807) is 10.9 Å². The molecule has 2 heteroatoms. The fourth-order valence-corrected chi connectivity index (χ4v) is 9.57. The molecular formula is C33H31N2+. The third-order valence-electron chi connectivity index (χ3n) is 10.4. The van der Waals surface area contributed by atoms with Crippen LogP contribution in [0.2, 0.25) is 0 Å². The summed E-state index contributed by atoms with van der Waals surface area (Å²) in [6.45, 7) is 2.27. The summed E-state index contributed by atoms with van der Waals surface area (Å²) in [5, 5.41) is 7.25. The standard InChI is InChI=1S/C33H31N2/c1-19-6-5-9-27-28(19)31-29-23(10-11-34(31)2)15-25(30-24-7-3-4-8-26(24)35(27)32(29)30)33-16-20-12-21(17-33)14-22(13-20)18-33/h3-11,15,20-22H,12-14,16-18H2,1-2H3/q+1. The van der Waals surface area contributed by atoms with Crippen LogP contribution in [0.15, 0.2) is 60.8 Å². The highest BCUT2D eigenvalue weighted by atomic mass is 15.0. The van der Waals surface area contributed by atoms with Crippen molar-refractivity contribution in [1.82, 2.24) is 4.40 Å². The summed E-state index contributed by atoms with van der Waals surface area (Å²) in [4.78, 5) is 0. The van der Waals surface area contributed by atoms with Gasteiger partial charge in [-0.3, -0.25) is 0 Å². The molecule has 0 saturated heterocycles. The smallest absolute Gasteiger partial charge is 0.224 e. The number of fused-ring (bicyclic) bond motifs is 6. The zero-order chi connectivity index (χ0) is 23.1. The van der Waals surface area contributed by atoms with Gasteiger partial charge in [0.15, 0.2) is 6.20 Å². The summed E-state index contributed by atoms with van der Waals surface area (Å²) < 4.78 is 4.98. The highest BCUT2D eigenvalue weighted by Crippen LogP contribution is 2.62. The largest absolute Gasteiger partial charge is 0.307 e. The van der Waals surface area contributed by atoms with Gasteiger partial charge in [-0.05, 0) is 103 Å². The van der Waals surface area contributed by atoms with Crippen LogP contribution in [0.5, 0.6) is 0 Å². The van der Waals surface area contributed by atoms with Crippen LogP contribution in [-0.2, 0) is 12.5 Å². The normalized spacial score (nSPS) is 28.0. The van der Waals surface area contributed by atoms with Gasteiger partial charge in [0.2, 0.25) is 5.52 Å². The molecule has 0 radical (unpaired) electrons. The Kier molecular flexibility index (Phi) is 3.36. The van der Waals surface area contributed by atoms with Gasteiger partial charge in [0.1, 0.15) is 7.05 Å². The Bertz CT molecular complexity index is 1820. The van der Waals surface area contributed by atoms with Crippen LogP contribution >= 0.6 is 0 Å². The van der Waals surface area contributed by atoms with E-state index in [1.807, 2.05) is 0 Å². The Hall–Kier alpha value is -3.13. The second-order valence-electron chi connectivity index (χ2n) is 12.4. The van der Waals surface area contributed by atoms with Crippen LogP contribution < -0.4 is 4.57 Å². The highest BCUT2D eigenvalue weighted by molar-refractivity contribution is 6.28. The van der Waals surface area contributed by atoms with Crippen molar-refractivity contribution in [3.63, 3.8) is 0 Å². The maximum atomic E-state index is 2.65. The van der Waals surface area contributed by atoms with Crippen LogP contribution in [0.1, 0.15) is 49.7 Å². The summed E-state index contributed by atoms with van der Waals surface area (Å²) >= 11 is 0. The summed E-state index contributed by atoms with van der Waals surface area (Å²) in [5.74, 6) is 2.84. The summed E-state index contributed by atoms with van der Waals surface area (Å²) in [6, 6.07) is 21.1. The fourth-order valence-electron chi connectivity index (χ4n) is 9.57. The SMILES string of the molecule is Cc1cccc2c1c1c3c(cc[n+]1C)cc(C14CC5CC(CC(C5)C1)C4)c1c4ccccc4n2c13. The molecule has 10 rings (SSSR count). The number of aromatic nitrogens is 2. The first kappa shape index (κ1) is 19.1. The van der Waals surface area contributed by atoms with Crippen molar-refractivity contribution < 1.29 is 4.57 Å². The van der Waals surface area contributed by atoms with Crippen LogP contribution in [-0.4, -0.2) is 4.40 Å². The zero-order valence-corrected chi connectivity index (χ0v) is 20.6. The van der Waals surface area contributed by atoms with Gasteiger partial charge in [0.25, 0.3) is 0 Å². The van der Waals surface area contributed by atoms with Crippen molar-refractivity contribution in [2.24, 2.45) is 24.8 Å². The summed E-state index contributed by atoms with van der Waals surface area (Å²) in [6.07, 6.45) is 11.0. The molecule has 0 atom stereocenters. The maximum Gasteiger partial charge on any atom is 0.224 e. The number of nitrogens with zero attached hydrogens (tertiary/aromatic N) is 2. The molecule has 0 N–H and O–H groups in total. The Balaban J connectivity index is 1.56. The number of hydrogen-bond donors (Lipinski definition) is 0. The monoisotopic (exact) mass is 455 g/mol. The van der Waals surface area contributed by atoms with Crippen molar-refractivity contribution >= 4 is 49.0 Å². The molecule has 4 saturated carbocycles. The first-order valence-corrected chi connectivity index (χ1v) is 13.6. The van der Waals surface area contributed by atoms with Gasteiger partial charge in [-0.2, -0.15) is 0 Å². The number of benzene rings is 3. The number of aryl methyl sites for hydroxylation is 2. The Morgan fingerprint density at radius 3 is 2.29 bits per heavy atom. The van der Waals surface area contributed by atoms with E-state index < -0.39 is 0 Å². The van der Waals surface area contributed by atoms with Gasteiger partial charge in [0.05, 0.1) is 27.3 Å². The lowest BCUT2D eigenvalue weighted by atomic mass is 9.47. The minimum absolute atomic E-state index is 0.364. The number of rotatable bonds is 1. The van der Waals surface area contributed by atoms with Gasteiger partial charge in [-0.25, -0.2) is 4.57 Å². The minimum Gasteiger partial charge on any atom is -0.307 e. The summed E-state index contributed by atoms with van der Waals surface area (Å²) in [5.41, 5.74) is 8.94. The average molecular weight is 456 g/mol. The second kappa shape index (κ2) is 6.16. The predicted molar refractivity (Wildman–Crippen MR) is 144 cm³/mol. The minimum atomic E-state index is 0.364. The molecule has 4 fully saturated rings. The molecule has 3 aromatic carbocycles. The van der Waals surface area contributed by atoms with Crippen molar-refractivity contribution in [3.05, 3.63) is 71.9 Å². The molecule has 0 spiro atoms. The topological polar surface area (TPSA) is 8.29 Å². The predicted octanol–water partition coefficient (Wildman–Crippen LogP) is 7.59. The van der Waals surface area contributed by atoms with E-state index in [2.05, 4.69) is 83.7 Å². The molecule has 0 unspecified atom stereocenters. The average Bonchev–Trinajstić information content (AvgIpc) is 3.19. The molecule has 4 aliphatic rings. The van der Waals surface area contributed by atoms with E-state index in [1.165, 1.54) is 87.7 Å². The van der Waals surface area contributed by atoms with E-state index in [9.17, 15) is 0 Å². The third kappa shape index (κ3) is 2.21. The van der Waals surface area contributed by atoms with E-state index in [-0.39, 0.29) is 0 Å². The van der Waals surface area contributed by atoms with Crippen LogP contribution in [0.25, 0.3) is 49.0 Å². The van der Waals surface area contributed by atoms with Crippen molar-refractivity contribution in [2.45, 2.75) is 50.9 Å². The Labute approximate surface area is 205 Å². The lowest BCUT2D eigenvalue weighted by Gasteiger charge is -2.57. The van der Waals surface area contributed by atoms with Gasteiger partial charge in [-0.1, -0.05) is 30.3 Å². The molecule has 0 amide bonds. The molecule has 2 nitrogen and oxygen atoms in total. The molecular weight excluding hydrogens is 424 g/mol. The van der Waals surface area contributed by atoms with Crippen LogP contribution in [0.4, 0.5) is 0 Å². The first-order chi connectivity index (χ1) is 17.1. The molecule has 35 heavy (non-hydrogen) atoms. The van der Waals surface area contributed by atoms with Crippen LogP contribution in [0.3, 0.4) is 0 Å². The van der Waals surface area contributed by atoms with E-state index in [0.717, 1.165) is 17.8 Å². The van der Waals surface area contributed by atoms with E-state index in [0.29, 0.717) is 5.41 Å². The zero-order valence-electron chi connectivity index (χ0n) is 20.6. The van der Waals surface area contributed by atoms with E-state index in [4.69, 9.17) is 0 Å². The lowest BCUT2D eigenvalue weighted by molar-refractivity contribution is -0.643. The maximum absolute atomic E-state index is 2.65. The molecule has 3 heterocycles. The third-order valence-corrected chi connectivity index (χ3v) is 10.4. The Morgan fingerprint density at radius 1 is 0.800 bits per heavy atom. The summed E-state index contributed by atoms with van der Waals surface area (Å²) in [7, 11) is 2.22. The molecule has 6 aromatic rings.